The van der Waals surface area contributed by atoms with Crippen molar-refractivity contribution < 1.29 is 9.47 Å². The molecule has 0 unspecified atom stereocenters. The van der Waals surface area contributed by atoms with Crippen LogP contribution in [0.2, 0.25) is 0 Å². The first kappa shape index (κ1) is 11.8. The monoisotopic (exact) mass is 247 g/mol. The molecule has 18 heavy (non-hydrogen) atoms. The molecule has 0 atom stereocenters. The Hall–Kier alpha value is -1.22. The van der Waals surface area contributed by atoms with Gasteiger partial charge in [0.1, 0.15) is 13.2 Å². The average Bonchev–Trinajstić information content (AvgIpc) is 2.64. The number of rotatable bonds is 1. The highest BCUT2D eigenvalue weighted by molar-refractivity contribution is 5.45. The third-order valence-corrected chi connectivity index (χ3v) is 4.11. The minimum absolute atomic E-state index is 0.174. The van der Waals surface area contributed by atoms with Crippen LogP contribution >= 0.6 is 0 Å². The van der Waals surface area contributed by atoms with Crippen LogP contribution in [0.5, 0.6) is 11.5 Å². The maximum Gasteiger partial charge on any atom is 0.161 e. The van der Waals surface area contributed by atoms with Crippen molar-refractivity contribution in [2.75, 3.05) is 13.2 Å². The van der Waals surface area contributed by atoms with Crippen LogP contribution in [0.25, 0.3) is 0 Å². The van der Waals surface area contributed by atoms with Crippen molar-refractivity contribution in [2.45, 2.75) is 44.1 Å². The third kappa shape index (κ3) is 2.19. The molecule has 1 aliphatic carbocycles. The quantitative estimate of drug-likeness (QED) is 0.776. The summed E-state index contributed by atoms with van der Waals surface area (Å²) in [7, 11) is 0. The Balaban J connectivity index is 1.90. The lowest BCUT2D eigenvalue weighted by Crippen LogP contribution is -2.36. The second-order valence-electron chi connectivity index (χ2n) is 5.43. The van der Waals surface area contributed by atoms with Gasteiger partial charge in [-0.25, -0.2) is 0 Å². The minimum Gasteiger partial charge on any atom is -0.486 e. The topological polar surface area (TPSA) is 44.5 Å². The normalized spacial score (nSPS) is 22.3. The minimum atomic E-state index is -0.174. The zero-order valence-electron chi connectivity index (χ0n) is 10.8. The van der Waals surface area contributed by atoms with Gasteiger partial charge in [-0.1, -0.05) is 31.7 Å². The van der Waals surface area contributed by atoms with Crippen LogP contribution in [-0.4, -0.2) is 13.2 Å². The molecule has 1 fully saturated rings. The van der Waals surface area contributed by atoms with Crippen LogP contribution in [0.4, 0.5) is 0 Å². The molecule has 1 aromatic carbocycles. The molecule has 3 rings (SSSR count). The summed E-state index contributed by atoms with van der Waals surface area (Å²) in [4.78, 5) is 0. The predicted octanol–water partition coefficient (Wildman–Crippen LogP) is 2.97. The lowest BCUT2D eigenvalue weighted by atomic mass is 9.84. The molecule has 2 aliphatic rings. The molecule has 2 N–H and O–H groups in total. The lowest BCUT2D eigenvalue weighted by molar-refractivity contribution is 0.171. The van der Waals surface area contributed by atoms with E-state index in [4.69, 9.17) is 15.2 Å². The standard InChI is InChI=1S/C15H21NO2/c16-15(7-3-1-2-4-8-15)12-5-6-13-14(11-12)18-10-9-17-13/h5-6,11H,1-4,7-10,16H2. The molecule has 1 saturated carbocycles. The number of nitrogens with two attached hydrogens (primary N) is 1. The van der Waals surface area contributed by atoms with Gasteiger partial charge in [-0.2, -0.15) is 0 Å². The van der Waals surface area contributed by atoms with Crippen molar-refractivity contribution >= 4 is 0 Å². The van der Waals surface area contributed by atoms with E-state index < -0.39 is 0 Å². The number of ether oxygens (including phenoxy) is 2. The first-order chi connectivity index (χ1) is 8.78. The van der Waals surface area contributed by atoms with E-state index in [9.17, 15) is 0 Å². The number of fused-ring (bicyclic) bond motifs is 1. The Kier molecular flexibility index (Phi) is 3.16. The van der Waals surface area contributed by atoms with Gasteiger partial charge in [0.15, 0.2) is 11.5 Å². The van der Waals surface area contributed by atoms with Gasteiger partial charge in [0.25, 0.3) is 0 Å². The van der Waals surface area contributed by atoms with Crippen molar-refractivity contribution in [2.24, 2.45) is 5.73 Å². The number of hydrogen-bond acceptors (Lipinski definition) is 3. The largest absolute Gasteiger partial charge is 0.486 e. The summed E-state index contributed by atoms with van der Waals surface area (Å²) < 4.78 is 11.2. The summed E-state index contributed by atoms with van der Waals surface area (Å²) in [5.74, 6) is 1.70. The van der Waals surface area contributed by atoms with E-state index in [1.165, 1.54) is 31.2 Å². The van der Waals surface area contributed by atoms with Crippen LogP contribution in [-0.2, 0) is 5.54 Å². The zero-order chi connectivity index (χ0) is 12.4. The fourth-order valence-corrected chi connectivity index (χ4v) is 3.00. The molecular formula is C15H21NO2. The van der Waals surface area contributed by atoms with Gasteiger partial charge in [-0.3, -0.25) is 0 Å². The summed E-state index contributed by atoms with van der Waals surface area (Å²) in [5.41, 5.74) is 7.65. The van der Waals surface area contributed by atoms with Gasteiger partial charge in [-0.05, 0) is 30.5 Å². The Labute approximate surface area is 108 Å². The molecule has 1 aliphatic heterocycles. The maximum atomic E-state index is 6.62. The van der Waals surface area contributed by atoms with E-state index >= 15 is 0 Å². The summed E-state index contributed by atoms with van der Waals surface area (Å²) in [6, 6.07) is 6.20. The van der Waals surface area contributed by atoms with Crippen molar-refractivity contribution in [3.63, 3.8) is 0 Å². The van der Waals surface area contributed by atoms with Crippen LogP contribution in [0, 0.1) is 0 Å². The third-order valence-electron chi connectivity index (χ3n) is 4.11. The van der Waals surface area contributed by atoms with Crippen molar-refractivity contribution in [3.8, 4) is 11.5 Å². The van der Waals surface area contributed by atoms with E-state index in [0.717, 1.165) is 24.3 Å². The predicted molar refractivity (Wildman–Crippen MR) is 71.0 cm³/mol. The van der Waals surface area contributed by atoms with Gasteiger partial charge in [-0.15, -0.1) is 0 Å². The highest BCUT2D eigenvalue weighted by atomic mass is 16.6. The Morgan fingerprint density at radius 3 is 2.28 bits per heavy atom. The van der Waals surface area contributed by atoms with E-state index in [1.54, 1.807) is 0 Å². The summed E-state index contributed by atoms with van der Waals surface area (Å²) in [6.07, 6.45) is 7.22. The maximum absolute atomic E-state index is 6.62. The molecule has 0 spiro atoms. The molecule has 3 nitrogen and oxygen atoms in total. The number of benzene rings is 1. The first-order valence-electron chi connectivity index (χ1n) is 6.97. The summed E-state index contributed by atoms with van der Waals surface area (Å²) in [5, 5.41) is 0. The molecule has 98 valence electrons. The molecule has 1 heterocycles. The molecular weight excluding hydrogens is 226 g/mol. The molecule has 3 heteroatoms. The molecule has 0 amide bonds. The second-order valence-corrected chi connectivity index (χ2v) is 5.43. The van der Waals surface area contributed by atoms with Crippen molar-refractivity contribution in [1.29, 1.82) is 0 Å². The Bertz CT molecular complexity index is 423. The molecule has 0 radical (unpaired) electrons. The Morgan fingerprint density at radius 2 is 1.56 bits per heavy atom. The van der Waals surface area contributed by atoms with Gasteiger partial charge >= 0.3 is 0 Å². The summed E-state index contributed by atoms with van der Waals surface area (Å²) >= 11 is 0. The van der Waals surface area contributed by atoms with Gasteiger partial charge < -0.3 is 15.2 Å². The van der Waals surface area contributed by atoms with E-state index in [0.29, 0.717) is 13.2 Å². The van der Waals surface area contributed by atoms with E-state index in [-0.39, 0.29) is 5.54 Å². The van der Waals surface area contributed by atoms with Crippen molar-refractivity contribution in [3.05, 3.63) is 23.8 Å². The van der Waals surface area contributed by atoms with Gasteiger partial charge in [0, 0.05) is 5.54 Å². The smallest absolute Gasteiger partial charge is 0.161 e. The second kappa shape index (κ2) is 4.81. The molecule has 0 saturated heterocycles. The van der Waals surface area contributed by atoms with Crippen LogP contribution in [0.15, 0.2) is 18.2 Å². The van der Waals surface area contributed by atoms with Crippen LogP contribution in [0.1, 0.15) is 44.1 Å². The van der Waals surface area contributed by atoms with Crippen molar-refractivity contribution in [1.82, 2.24) is 0 Å². The SMILES string of the molecule is NC1(c2ccc3c(c2)OCCO3)CCCCCC1. The average molecular weight is 247 g/mol. The lowest BCUT2D eigenvalue weighted by Gasteiger charge is -2.30. The summed E-state index contributed by atoms with van der Waals surface area (Å²) in [6.45, 7) is 1.27. The Morgan fingerprint density at radius 1 is 0.889 bits per heavy atom. The van der Waals surface area contributed by atoms with E-state index in [2.05, 4.69) is 12.1 Å². The van der Waals surface area contributed by atoms with Crippen LogP contribution < -0.4 is 15.2 Å². The highest BCUT2D eigenvalue weighted by Gasteiger charge is 2.29. The van der Waals surface area contributed by atoms with Gasteiger partial charge in [0.05, 0.1) is 0 Å². The highest BCUT2D eigenvalue weighted by Crippen LogP contribution is 2.38. The molecule has 0 aromatic heterocycles. The fraction of sp³-hybridized carbons (Fsp3) is 0.600. The first-order valence-corrected chi connectivity index (χ1v) is 6.97. The fourth-order valence-electron chi connectivity index (χ4n) is 3.00. The number of hydrogen-bond donors (Lipinski definition) is 1. The van der Waals surface area contributed by atoms with Gasteiger partial charge in [0.2, 0.25) is 0 Å². The van der Waals surface area contributed by atoms with E-state index in [1.807, 2.05) is 6.07 Å². The molecule has 0 bridgehead atoms. The van der Waals surface area contributed by atoms with Crippen LogP contribution in [0.3, 0.4) is 0 Å². The molecule has 1 aromatic rings. The zero-order valence-corrected chi connectivity index (χ0v) is 10.8.